The highest BCUT2D eigenvalue weighted by Crippen LogP contribution is 2.34. The fourth-order valence-corrected chi connectivity index (χ4v) is 2.38. The molecule has 2 rings (SSSR count). The molecule has 0 unspecified atom stereocenters. The van der Waals surface area contributed by atoms with Crippen molar-refractivity contribution in [3.63, 3.8) is 0 Å². The molecule has 1 aromatic carbocycles. The molecule has 0 amide bonds. The summed E-state index contributed by atoms with van der Waals surface area (Å²) in [6.07, 6.45) is 2.18. The van der Waals surface area contributed by atoms with Gasteiger partial charge in [-0.05, 0) is 26.2 Å². The van der Waals surface area contributed by atoms with Crippen molar-refractivity contribution in [2.24, 2.45) is 0 Å². The van der Waals surface area contributed by atoms with Crippen molar-refractivity contribution in [3.05, 3.63) is 17.9 Å². The van der Waals surface area contributed by atoms with Crippen molar-refractivity contribution in [1.29, 1.82) is 0 Å². The van der Waals surface area contributed by atoms with Crippen LogP contribution in [0.15, 0.2) is 12.1 Å². The van der Waals surface area contributed by atoms with E-state index < -0.39 is 11.4 Å². The summed E-state index contributed by atoms with van der Waals surface area (Å²) in [4.78, 5) is 2.07. The summed E-state index contributed by atoms with van der Waals surface area (Å²) in [6.45, 7) is 5.71. The molecule has 1 aliphatic heterocycles. The van der Waals surface area contributed by atoms with Crippen molar-refractivity contribution < 1.29 is 14.2 Å². The summed E-state index contributed by atoms with van der Waals surface area (Å²) in [5.74, 6) is -0.183. The number of benzene rings is 1. The average Bonchev–Trinajstić information content (AvgIpc) is 2.38. The van der Waals surface area contributed by atoms with E-state index >= 15 is 0 Å². The highest BCUT2D eigenvalue weighted by atomic mass is 19.1. The molecule has 0 radical (unpaired) electrons. The largest absolute Gasteiger partial charge is 0.490 e. The molecular weight excluding hydrogens is 259 g/mol. The van der Waals surface area contributed by atoms with Gasteiger partial charge in [0.05, 0.1) is 23.6 Å². The number of anilines is 2. The third-order valence-corrected chi connectivity index (χ3v) is 3.72. The molecule has 1 aromatic rings. The lowest BCUT2D eigenvalue weighted by Gasteiger charge is -2.37. The lowest BCUT2D eigenvalue weighted by Crippen LogP contribution is -2.42. The van der Waals surface area contributed by atoms with Crippen LogP contribution in [-0.2, 0) is 0 Å². The van der Waals surface area contributed by atoms with Crippen LogP contribution in [0.5, 0.6) is 5.75 Å². The number of aliphatic hydroxyl groups is 1. The van der Waals surface area contributed by atoms with E-state index in [1.54, 1.807) is 6.07 Å². The van der Waals surface area contributed by atoms with E-state index in [0.29, 0.717) is 38.2 Å². The number of hydrogen-bond donors (Lipinski definition) is 2. The fraction of sp³-hybridized carbons (Fsp3) is 0.600. The number of rotatable bonds is 4. The zero-order valence-electron chi connectivity index (χ0n) is 12.2. The van der Waals surface area contributed by atoms with Crippen molar-refractivity contribution >= 4 is 11.4 Å². The first-order chi connectivity index (χ1) is 9.43. The summed E-state index contributed by atoms with van der Waals surface area (Å²) in [5.41, 5.74) is 6.49. The Hall–Kier alpha value is -1.49. The van der Waals surface area contributed by atoms with Gasteiger partial charge in [0.15, 0.2) is 11.6 Å². The summed E-state index contributed by atoms with van der Waals surface area (Å²) >= 11 is 0. The summed E-state index contributed by atoms with van der Waals surface area (Å²) in [5, 5.41) is 9.98. The van der Waals surface area contributed by atoms with Crippen LogP contribution in [-0.4, -0.2) is 30.4 Å². The molecule has 20 heavy (non-hydrogen) atoms. The molecule has 4 nitrogen and oxygen atoms in total. The number of hydrogen-bond acceptors (Lipinski definition) is 4. The van der Waals surface area contributed by atoms with Crippen LogP contribution in [0.25, 0.3) is 0 Å². The smallest absolute Gasteiger partial charge is 0.167 e. The predicted octanol–water partition coefficient (Wildman–Crippen LogP) is 2.55. The Labute approximate surface area is 119 Å². The van der Waals surface area contributed by atoms with E-state index in [0.717, 1.165) is 12.1 Å². The second-order valence-corrected chi connectivity index (χ2v) is 5.67. The number of nitrogen functional groups attached to an aromatic ring is 1. The molecule has 1 fully saturated rings. The SMILES string of the molecule is CCCOc1cc(N2CCC(C)(O)CC2)c(N)cc1F. The lowest BCUT2D eigenvalue weighted by molar-refractivity contribution is 0.0351. The molecule has 0 aliphatic carbocycles. The monoisotopic (exact) mass is 282 g/mol. The van der Waals surface area contributed by atoms with Crippen molar-refractivity contribution in [2.45, 2.75) is 38.7 Å². The minimum Gasteiger partial charge on any atom is -0.490 e. The van der Waals surface area contributed by atoms with Crippen molar-refractivity contribution in [2.75, 3.05) is 30.3 Å². The molecule has 112 valence electrons. The van der Waals surface area contributed by atoms with Gasteiger partial charge in [0.25, 0.3) is 0 Å². The maximum atomic E-state index is 13.8. The van der Waals surface area contributed by atoms with Crippen LogP contribution in [0, 0.1) is 5.82 Å². The van der Waals surface area contributed by atoms with Gasteiger partial charge in [-0.15, -0.1) is 0 Å². The molecule has 1 aliphatic rings. The molecule has 0 bridgehead atoms. The first kappa shape index (κ1) is 14.9. The van der Waals surface area contributed by atoms with Gasteiger partial charge in [-0.2, -0.15) is 0 Å². The first-order valence-electron chi connectivity index (χ1n) is 7.12. The van der Waals surface area contributed by atoms with Crippen LogP contribution >= 0.6 is 0 Å². The molecule has 5 heteroatoms. The molecule has 0 spiro atoms. The summed E-state index contributed by atoms with van der Waals surface area (Å²) in [6, 6.07) is 2.98. The van der Waals surface area contributed by atoms with E-state index in [1.807, 2.05) is 13.8 Å². The quantitative estimate of drug-likeness (QED) is 0.833. The summed E-state index contributed by atoms with van der Waals surface area (Å²) in [7, 11) is 0. The highest BCUT2D eigenvalue weighted by molar-refractivity contribution is 5.70. The Bertz CT molecular complexity index is 467. The first-order valence-corrected chi connectivity index (χ1v) is 7.12. The highest BCUT2D eigenvalue weighted by Gasteiger charge is 2.28. The van der Waals surface area contributed by atoms with E-state index in [4.69, 9.17) is 10.5 Å². The Kier molecular flexibility index (Phi) is 4.38. The van der Waals surface area contributed by atoms with Crippen LogP contribution in [0.3, 0.4) is 0 Å². The third-order valence-electron chi connectivity index (χ3n) is 3.72. The minimum absolute atomic E-state index is 0.244. The van der Waals surface area contributed by atoms with Gasteiger partial charge < -0.3 is 20.5 Å². The van der Waals surface area contributed by atoms with Gasteiger partial charge in [0.1, 0.15) is 0 Å². The molecule has 0 aromatic heterocycles. The predicted molar refractivity (Wildman–Crippen MR) is 78.7 cm³/mol. The zero-order valence-corrected chi connectivity index (χ0v) is 12.2. The zero-order chi connectivity index (χ0) is 14.8. The normalized spacial score (nSPS) is 18.1. The molecule has 0 atom stereocenters. The summed E-state index contributed by atoms with van der Waals surface area (Å²) < 4.78 is 19.2. The Morgan fingerprint density at radius 2 is 2.05 bits per heavy atom. The van der Waals surface area contributed by atoms with Gasteiger partial charge >= 0.3 is 0 Å². The van der Waals surface area contributed by atoms with E-state index in [9.17, 15) is 9.50 Å². The van der Waals surface area contributed by atoms with Crippen LogP contribution in [0.4, 0.5) is 15.8 Å². The number of nitrogens with two attached hydrogens (primary N) is 1. The number of halogens is 1. The minimum atomic E-state index is -0.618. The Morgan fingerprint density at radius 3 is 2.65 bits per heavy atom. The van der Waals surface area contributed by atoms with Gasteiger partial charge in [0.2, 0.25) is 0 Å². The van der Waals surface area contributed by atoms with Gasteiger partial charge in [-0.3, -0.25) is 0 Å². The van der Waals surface area contributed by atoms with Crippen LogP contribution in [0.2, 0.25) is 0 Å². The molecule has 0 saturated carbocycles. The number of piperidine rings is 1. The van der Waals surface area contributed by atoms with Gasteiger partial charge in [-0.1, -0.05) is 6.92 Å². The van der Waals surface area contributed by atoms with Crippen molar-refractivity contribution in [3.8, 4) is 5.75 Å². The van der Waals surface area contributed by atoms with E-state index in [1.165, 1.54) is 6.07 Å². The number of nitrogens with zero attached hydrogens (tertiary/aromatic N) is 1. The van der Waals surface area contributed by atoms with E-state index in [2.05, 4.69) is 4.90 Å². The van der Waals surface area contributed by atoms with Gasteiger partial charge in [0, 0.05) is 25.2 Å². The molecule has 1 heterocycles. The molecule has 1 saturated heterocycles. The van der Waals surface area contributed by atoms with E-state index in [-0.39, 0.29) is 5.75 Å². The second-order valence-electron chi connectivity index (χ2n) is 5.67. The third kappa shape index (κ3) is 3.33. The molecular formula is C15H23FN2O2. The Morgan fingerprint density at radius 1 is 1.40 bits per heavy atom. The van der Waals surface area contributed by atoms with Crippen molar-refractivity contribution in [1.82, 2.24) is 0 Å². The van der Waals surface area contributed by atoms with Crippen LogP contribution < -0.4 is 15.4 Å². The number of ether oxygens (including phenoxy) is 1. The van der Waals surface area contributed by atoms with Gasteiger partial charge in [-0.25, -0.2) is 4.39 Å². The lowest BCUT2D eigenvalue weighted by atomic mass is 9.93. The maximum absolute atomic E-state index is 13.8. The van der Waals surface area contributed by atoms with Crippen LogP contribution in [0.1, 0.15) is 33.1 Å². The average molecular weight is 282 g/mol. The second kappa shape index (κ2) is 5.87. The topological polar surface area (TPSA) is 58.7 Å². The maximum Gasteiger partial charge on any atom is 0.167 e. The fourth-order valence-electron chi connectivity index (χ4n) is 2.38. The standard InChI is InChI=1S/C15H23FN2O2/c1-3-8-20-14-10-13(12(17)9-11(14)16)18-6-4-15(2,19)5-7-18/h9-10,19H,3-8,17H2,1-2H3. The molecule has 3 N–H and O–H groups in total. The Balaban J connectivity index is 2.19.